The first-order valence-corrected chi connectivity index (χ1v) is 8.80. The van der Waals surface area contributed by atoms with E-state index in [0.717, 1.165) is 50.7 Å². The SMILES string of the molecule is C=CCC[C@@H](CC)COC(=O)/C=C\C(=O)OC[C@H](CC)CCC=C. The monoisotopic (exact) mass is 336 g/mol. The van der Waals surface area contributed by atoms with Crippen LogP contribution < -0.4 is 0 Å². The van der Waals surface area contributed by atoms with Crippen LogP contribution >= 0.6 is 0 Å². The van der Waals surface area contributed by atoms with E-state index < -0.39 is 11.9 Å². The number of ether oxygens (including phenoxy) is 2. The van der Waals surface area contributed by atoms with E-state index in [4.69, 9.17) is 9.47 Å². The van der Waals surface area contributed by atoms with E-state index in [0.29, 0.717) is 25.0 Å². The number of carbonyl (C=O) groups is 2. The fourth-order valence-electron chi connectivity index (χ4n) is 2.15. The van der Waals surface area contributed by atoms with Crippen molar-refractivity contribution in [3.05, 3.63) is 37.5 Å². The quantitative estimate of drug-likeness (QED) is 0.264. The molecule has 0 N–H and O–H groups in total. The van der Waals surface area contributed by atoms with Crippen LogP contribution in [0.3, 0.4) is 0 Å². The average molecular weight is 336 g/mol. The first-order chi connectivity index (χ1) is 11.6. The first kappa shape index (κ1) is 22.2. The number of allylic oxidation sites excluding steroid dienone is 2. The minimum atomic E-state index is -0.511. The van der Waals surface area contributed by atoms with Crippen molar-refractivity contribution in [1.29, 1.82) is 0 Å². The standard InChI is InChI=1S/C20H32O4/c1-5-9-11-17(7-3)15-23-19(21)13-14-20(22)24-16-18(8-4)12-10-6-2/h5-6,13-14,17-18H,1-2,7-12,15-16H2,3-4H3/b14-13-/t17-,18-/m1/s1. The van der Waals surface area contributed by atoms with Crippen LogP contribution in [0.25, 0.3) is 0 Å². The molecule has 0 aromatic rings. The normalized spacial score (nSPS) is 13.2. The molecular weight excluding hydrogens is 304 g/mol. The highest BCUT2D eigenvalue weighted by Crippen LogP contribution is 2.13. The summed E-state index contributed by atoms with van der Waals surface area (Å²) in [4.78, 5) is 23.3. The zero-order valence-electron chi connectivity index (χ0n) is 15.2. The van der Waals surface area contributed by atoms with Gasteiger partial charge in [0.15, 0.2) is 0 Å². The third kappa shape index (κ3) is 11.7. The molecule has 0 aliphatic heterocycles. The van der Waals surface area contributed by atoms with Gasteiger partial charge in [-0.25, -0.2) is 9.59 Å². The molecule has 136 valence electrons. The van der Waals surface area contributed by atoms with Gasteiger partial charge < -0.3 is 9.47 Å². The summed E-state index contributed by atoms with van der Waals surface area (Å²) in [6, 6.07) is 0. The van der Waals surface area contributed by atoms with Gasteiger partial charge >= 0.3 is 11.9 Å². The van der Waals surface area contributed by atoms with Gasteiger partial charge in [0.25, 0.3) is 0 Å². The Kier molecular flexibility index (Phi) is 13.6. The average Bonchev–Trinajstić information content (AvgIpc) is 2.60. The molecule has 0 bridgehead atoms. The maximum Gasteiger partial charge on any atom is 0.331 e. The molecule has 0 amide bonds. The lowest BCUT2D eigenvalue weighted by atomic mass is 10.0. The van der Waals surface area contributed by atoms with Gasteiger partial charge in [-0.1, -0.05) is 38.8 Å². The van der Waals surface area contributed by atoms with Crippen LogP contribution in [0.4, 0.5) is 0 Å². The fraction of sp³-hybridized carbons (Fsp3) is 0.600. The molecule has 0 spiro atoms. The number of carbonyl (C=O) groups excluding carboxylic acids is 2. The second-order valence-electron chi connectivity index (χ2n) is 5.87. The smallest absolute Gasteiger partial charge is 0.331 e. The summed E-state index contributed by atoms with van der Waals surface area (Å²) >= 11 is 0. The summed E-state index contributed by atoms with van der Waals surface area (Å²) in [5.74, 6) is -0.379. The molecular formula is C20H32O4. The fourth-order valence-corrected chi connectivity index (χ4v) is 2.15. The van der Waals surface area contributed by atoms with Crippen molar-refractivity contribution in [3.8, 4) is 0 Å². The Morgan fingerprint density at radius 1 is 0.833 bits per heavy atom. The molecule has 24 heavy (non-hydrogen) atoms. The van der Waals surface area contributed by atoms with Crippen LogP contribution in [0.15, 0.2) is 37.5 Å². The highest BCUT2D eigenvalue weighted by Gasteiger charge is 2.10. The minimum absolute atomic E-state index is 0.322. The zero-order chi connectivity index (χ0) is 18.2. The first-order valence-electron chi connectivity index (χ1n) is 8.80. The van der Waals surface area contributed by atoms with Crippen LogP contribution in [0.1, 0.15) is 52.4 Å². The zero-order valence-corrected chi connectivity index (χ0v) is 15.2. The number of hydrogen-bond acceptors (Lipinski definition) is 4. The molecule has 0 heterocycles. The highest BCUT2D eigenvalue weighted by molar-refractivity contribution is 5.91. The Hall–Kier alpha value is -1.84. The largest absolute Gasteiger partial charge is 0.462 e. The molecule has 0 aliphatic rings. The molecule has 0 aromatic heterocycles. The molecule has 0 fully saturated rings. The Balaban J connectivity index is 4.08. The molecule has 0 unspecified atom stereocenters. The number of rotatable bonds is 14. The number of hydrogen-bond donors (Lipinski definition) is 0. The molecule has 0 saturated heterocycles. The Bertz CT molecular complexity index is 374. The lowest BCUT2D eigenvalue weighted by Gasteiger charge is -2.13. The Labute approximate surface area is 146 Å². The molecule has 0 radical (unpaired) electrons. The molecule has 4 heteroatoms. The van der Waals surface area contributed by atoms with Gasteiger partial charge in [0, 0.05) is 12.2 Å². The van der Waals surface area contributed by atoms with Crippen LogP contribution in [0, 0.1) is 11.8 Å². The van der Waals surface area contributed by atoms with E-state index in [-0.39, 0.29) is 0 Å². The maximum absolute atomic E-state index is 11.6. The van der Waals surface area contributed by atoms with Gasteiger partial charge in [-0.15, -0.1) is 13.2 Å². The van der Waals surface area contributed by atoms with Crippen molar-refractivity contribution < 1.29 is 19.1 Å². The topological polar surface area (TPSA) is 52.6 Å². The second-order valence-corrected chi connectivity index (χ2v) is 5.87. The van der Waals surface area contributed by atoms with E-state index in [1.807, 2.05) is 12.2 Å². The molecule has 0 aromatic carbocycles. The van der Waals surface area contributed by atoms with E-state index in [1.165, 1.54) is 0 Å². The summed E-state index contributed by atoms with van der Waals surface area (Å²) in [5.41, 5.74) is 0. The number of esters is 2. The summed E-state index contributed by atoms with van der Waals surface area (Å²) in [5, 5.41) is 0. The van der Waals surface area contributed by atoms with E-state index >= 15 is 0 Å². The third-order valence-electron chi connectivity index (χ3n) is 3.99. The van der Waals surface area contributed by atoms with Crippen molar-refractivity contribution >= 4 is 11.9 Å². The maximum atomic E-state index is 11.6. The summed E-state index contributed by atoms with van der Waals surface area (Å²) in [7, 11) is 0. The van der Waals surface area contributed by atoms with Gasteiger partial charge in [0.05, 0.1) is 13.2 Å². The lowest BCUT2D eigenvalue weighted by Crippen LogP contribution is -2.14. The van der Waals surface area contributed by atoms with Crippen molar-refractivity contribution in [2.45, 2.75) is 52.4 Å². The van der Waals surface area contributed by atoms with Crippen molar-refractivity contribution in [3.63, 3.8) is 0 Å². The van der Waals surface area contributed by atoms with Gasteiger partial charge in [0.2, 0.25) is 0 Å². The Morgan fingerprint density at radius 3 is 1.50 bits per heavy atom. The van der Waals surface area contributed by atoms with Gasteiger partial charge in [-0.2, -0.15) is 0 Å². The van der Waals surface area contributed by atoms with Crippen molar-refractivity contribution in [2.24, 2.45) is 11.8 Å². The predicted octanol–water partition coefficient (Wildman–Crippen LogP) is 4.61. The molecule has 4 nitrogen and oxygen atoms in total. The third-order valence-corrected chi connectivity index (χ3v) is 3.99. The molecule has 0 rings (SSSR count). The van der Waals surface area contributed by atoms with Crippen LogP contribution in [-0.2, 0) is 19.1 Å². The lowest BCUT2D eigenvalue weighted by molar-refractivity contribution is -0.142. The van der Waals surface area contributed by atoms with Crippen molar-refractivity contribution in [1.82, 2.24) is 0 Å². The summed E-state index contributed by atoms with van der Waals surface area (Å²) < 4.78 is 10.3. The van der Waals surface area contributed by atoms with Crippen molar-refractivity contribution in [2.75, 3.05) is 13.2 Å². The van der Waals surface area contributed by atoms with Crippen LogP contribution in [0.2, 0.25) is 0 Å². The van der Waals surface area contributed by atoms with E-state index in [2.05, 4.69) is 27.0 Å². The summed E-state index contributed by atoms with van der Waals surface area (Å²) in [6.07, 6.45) is 11.6. The van der Waals surface area contributed by atoms with Crippen LogP contribution in [-0.4, -0.2) is 25.2 Å². The molecule has 0 saturated carbocycles. The van der Waals surface area contributed by atoms with Gasteiger partial charge in [-0.3, -0.25) is 0 Å². The van der Waals surface area contributed by atoms with Gasteiger partial charge in [0.1, 0.15) is 0 Å². The summed E-state index contributed by atoms with van der Waals surface area (Å²) in [6.45, 7) is 12.2. The highest BCUT2D eigenvalue weighted by atomic mass is 16.5. The second kappa shape index (κ2) is 14.7. The predicted molar refractivity (Wildman–Crippen MR) is 97.5 cm³/mol. The minimum Gasteiger partial charge on any atom is -0.462 e. The van der Waals surface area contributed by atoms with E-state index in [9.17, 15) is 9.59 Å². The molecule has 2 atom stereocenters. The van der Waals surface area contributed by atoms with Crippen LogP contribution in [0.5, 0.6) is 0 Å². The van der Waals surface area contributed by atoms with Gasteiger partial charge in [-0.05, 0) is 37.5 Å². The van der Waals surface area contributed by atoms with E-state index in [1.54, 1.807) is 0 Å². The Morgan fingerprint density at radius 2 is 1.21 bits per heavy atom. The molecule has 0 aliphatic carbocycles.